The second-order valence-electron chi connectivity index (χ2n) is 5.74. The van der Waals surface area contributed by atoms with Crippen LogP contribution in [0.5, 0.6) is 0 Å². The van der Waals surface area contributed by atoms with Crippen LogP contribution in [-0.2, 0) is 6.42 Å². The third-order valence-electron chi connectivity index (χ3n) is 4.01. The fourth-order valence-corrected chi connectivity index (χ4v) is 2.81. The van der Waals surface area contributed by atoms with E-state index in [4.69, 9.17) is 0 Å². The number of hydrogen-bond donors (Lipinski definition) is 0. The Hall–Kier alpha value is -2.29. The van der Waals surface area contributed by atoms with Crippen molar-refractivity contribution in [3.05, 3.63) is 71.5 Å². The van der Waals surface area contributed by atoms with E-state index in [1.165, 1.54) is 5.56 Å². The maximum atomic E-state index is 14.8. The van der Waals surface area contributed by atoms with Gasteiger partial charge in [-0.25, -0.2) is 13.2 Å². The lowest BCUT2D eigenvalue weighted by Gasteiger charge is -2.09. The van der Waals surface area contributed by atoms with Gasteiger partial charge in [-0.1, -0.05) is 43.7 Å². The lowest BCUT2D eigenvalue weighted by molar-refractivity contribution is 0.583. The van der Waals surface area contributed by atoms with E-state index >= 15 is 0 Å². The molecule has 0 saturated carbocycles. The topological polar surface area (TPSA) is 0 Å². The molecular formula is C20H17F3. The first-order valence-electron chi connectivity index (χ1n) is 7.76. The van der Waals surface area contributed by atoms with Gasteiger partial charge in [-0.2, -0.15) is 0 Å². The van der Waals surface area contributed by atoms with Gasteiger partial charge in [0.25, 0.3) is 0 Å². The third kappa shape index (κ3) is 3.24. The molecule has 0 heterocycles. The molecule has 0 radical (unpaired) electrons. The maximum absolute atomic E-state index is 14.8. The lowest BCUT2D eigenvalue weighted by Crippen LogP contribution is -1.91. The molecule has 3 heteroatoms. The zero-order valence-electron chi connectivity index (χ0n) is 12.9. The maximum Gasteiger partial charge on any atom is 0.138 e. The van der Waals surface area contributed by atoms with Crippen molar-refractivity contribution in [2.24, 2.45) is 0 Å². The molecule has 3 aromatic rings. The van der Waals surface area contributed by atoms with E-state index in [-0.39, 0.29) is 11.1 Å². The first kappa shape index (κ1) is 15.6. The van der Waals surface area contributed by atoms with Gasteiger partial charge in [0.2, 0.25) is 0 Å². The number of rotatable bonds is 4. The highest BCUT2D eigenvalue weighted by atomic mass is 19.1. The number of unbranched alkanes of at least 4 members (excludes halogenated alkanes) is 1. The number of halogens is 3. The molecule has 0 bridgehead atoms. The lowest BCUT2D eigenvalue weighted by atomic mass is 9.97. The van der Waals surface area contributed by atoms with Crippen molar-refractivity contribution in [1.29, 1.82) is 0 Å². The summed E-state index contributed by atoms with van der Waals surface area (Å²) in [7, 11) is 0. The van der Waals surface area contributed by atoms with Crippen LogP contribution in [0.15, 0.2) is 48.5 Å². The standard InChI is InChI=1S/C20H17F3/c1-2-3-4-13-5-7-18-14(9-13)6-8-19(20(18)23)15-10-16(21)12-17(22)11-15/h5-12H,2-4H2,1H3. The van der Waals surface area contributed by atoms with E-state index in [1.807, 2.05) is 12.1 Å². The zero-order chi connectivity index (χ0) is 16.4. The van der Waals surface area contributed by atoms with Crippen molar-refractivity contribution >= 4 is 10.8 Å². The minimum Gasteiger partial charge on any atom is -0.207 e. The highest BCUT2D eigenvalue weighted by Crippen LogP contribution is 2.30. The van der Waals surface area contributed by atoms with E-state index < -0.39 is 17.5 Å². The Morgan fingerprint density at radius 1 is 0.826 bits per heavy atom. The summed E-state index contributed by atoms with van der Waals surface area (Å²) in [5.41, 5.74) is 1.58. The van der Waals surface area contributed by atoms with Gasteiger partial charge in [0.15, 0.2) is 0 Å². The Morgan fingerprint density at radius 2 is 1.57 bits per heavy atom. The fourth-order valence-electron chi connectivity index (χ4n) is 2.81. The molecular weight excluding hydrogens is 297 g/mol. The van der Waals surface area contributed by atoms with Crippen molar-refractivity contribution in [2.45, 2.75) is 26.2 Å². The van der Waals surface area contributed by atoms with Crippen molar-refractivity contribution in [3.8, 4) is 11.1 Å². The quantitative estimate of drug-likeness (QED) is 0.532. The van der Waals surface area contributed by atoms with Gasteiger partial charge < -0.3 is 0 Å². The molecule has 0 spiro atoms. The van der Waals surface area contributed by atoms with Gasteiger partial charge in [0, 0.05) is 17.0 Å². The Bertz CT molecular complexity index is 833. The average molecular weight is 314 g/mol. The molecule has 0 N–H and O–H groups in total. The van der Waals surface area contributed by atoms with Gasteiger partial charge in [-0.15, -0.1) is 0 Å². The minimum atomic E-state index is -0.714. The van der Waals surface area contributed by atoms with Crippen molar-refractivity contribution in [3.63, 3.8) is 0 Å². The average Bonchev–Trinajstić information content (AvgIpc) is 2.52. The smallest absolute Gasteiger partial charge is 0.138 e. The second kappa shape index (κ2) is 6.45. The number of benzene rings is 3. The summed E-state index contributed by atoms with van der Waals surface area (Å²) in [5.74, 6) is -1.88. The van der Waals surface area contributed by atoms with E-state index in [2.05, 4.69) is 6.92 Å². The Morgan fingerprint density at radius 3 is 2.26 bits per heavy atom. The molecule has 3 rings (SSSR count). The Balaban J connectivity index is 2.08. The van der Waals surface area contributed by atoms with E-state index in [1.54, 1.807) is 18.2 Å². The van der Waals surface area contributed by atoms with E-state index in [0.29, 0.717) is 5.39 Å². The fraction of sp³-hybridized carbons (Fsp3) is 0.200. The Labute approximate surface area is 133 Å². The molecule has 0 amide bonds. The van der Waals surface area contributed by atoms with E-state index in [0.717, 1.165) is 42.8 Å². The summed E-state index contributed by atoms with van der Waals surface area (Å²) >= 11 is 0. The van der Waals surface area contributed by atoms with Crippen LogP contribution in [0.25, 0.3) is 21.9 Å². The third-order valence-corrected chi connectivity index (χ3v) is 4.01. The molecule has 118 valence electrons. The summed E-state index contributed by atoms with van der Waals surface area (Å²) in [5, 5.41) is 1.27. The zero-order valence-corrected chi connectivity index (χ0v) is 12.9. The molecule has 3 aromatic carbocycles. The van der Waals surface area contributed by atoms with Crippen molar-refractivity contribution in [1.82, 2.24) is 0 Å². The van der Waals surface area contributed by atoms with Crippen LogP contribution in [0, 0.1) is 17.5 Å². The molecule has 0 aromatic heterocycles. The second-order valence-corrected chi connectivity index (χ2v) is 5.74. The largest absolute Gasteiger partial charge is 0.207 e. The van der Waals surface area contributed by atoms with Gasteiger partial charge in [-0.3, -0.25) is 0 Å². The summed E-state index contributed by atoms with van der Waals surface area (Å²) in [6, 6.07) is 12.1. The predicted octanol–water partition coefficient (Wildman–Crippen LogP) is 6.27. The molecule has 0 fully saturated rings. The van der Waals surface area contributed by atoms with Gasteiger partial charge in [-0.05, 0) is 41.5 Å². The van der Waals surface area contributed by atoms with Gasteiger partial charge >= 0.3 is 0 Å². The normalized spacial score (nSPS) is 11.1. The molecule has 23 heavy (non-hydrogen) atoms. The van der Waals surface area contributed by atoms with Crippen molar-refractivity contribution < 1.29 is 13.2 Å². The predicted molar refractivity (Wildman–Crippen MR) is 87.9 cm³/mol. The Kier molecular flexibility index (Phi) is 4.37. The number of hydrogen-bond acceptors (Lipinski definition) is 0. The van der Waals surface area contributed by atoms with Crippen LogP contribution >= 0.6 is 0 Å². The number of aryl methyl sites for hydroxylation is 1. The van der Waals surface area contributed by atoms with Gasteiger partial charge in [0.05, 0.1) is 0 Å². The SMILES string of the molecule is CCCCc1ccc2c(F)c(-c3cc(F)cc(F)c3)ccc2c1. The van der Waals surface area contributed by atoms with Crippen LogP contribution < -0.4 is 0 Å². The summed E-state index contributed by atoms with van der Waals surface area (Å²) in [6.07, 6.45) is 3.16. The summed E-state index contributed by atoms with van der Waals surface area (Å²) in [4.78, 5) is 0. The number of fused-ring (bicyclic) bond motifs is 1. The van der Waals surface area contributed by atoms with Gasteiger partial charge in [0.1, 0.15) is 17.5 Å². The first-order chi connectivity index (χ1) is 11.1. The molecule has 0 saturated heterocycles. The van der Waals surface area contributed by atoms with Crippen LogP contribution in [-0.4, -0.2) is 0 Å². The molecule has 0 aliphatic carbocycles. The van der Waals surface area contributed by atoms with E-state index in [9.17, 15) is 13.2 Å². The monoisotopic (exact) mass is 314 g/mol. The van der Waals surface area contributed by atoms with Crippen LogP contribution in [0.3, 0.4) is 0 Å². The highest BCUT2D eigenvalue weighted by Gasteiger charge is 2.12. The molecule has 0 aliphatic heterocycles. The summed E-state index contributed by atoms with van der Waals surface area (Å²) in [6.45, 7) is 2.13. The minimum absolute atomic E-state index is 0.206. The highest BCUT2D eigenvalue weighted by molar-refractivity contribution is 5.88. The van der Waals surface area contributed by atoms with Crippen LogP contribution in [0.4, 0.5) is 13.2 Å². The summed E-state index contributed by atoms with van der Waals surface area (Å²) < 4.78 is 41.5. The van der Waals surface area contributed by atoms with Crippen LogP contribution in [0.2, 0.25) is 0 Å². The molecule has 0 unspecified atom stereocenters. The first-order valence-corrected chi connectivity index (χ1v) is 7.76. The molecule has 0 nitrogen and oxygen atoms in total. The van der Waals surface area contributed by atoms with Crippen LogP contribution in [0.1, 0.15) is 25.3 Å². The van der Waals surface area contributed by atoms with Crippen molar-refractivity contribution in [2.75, 3.05) is 0 Å². The molecule has 0 aliphatic rings. The molecule has 0 atom stereocenters.